The Labute approximate surface area is 202 Å². The second-order valence-electron chi connectivity index (χ2n) is 7.79. The molecule has 0 amide bonds. The second-order valence-corrected chi connectivity index (χ2v) is 8.77. The summed E-state index contributed by atoms with van der Waals surface area (Å²) in [5, 5.41) is 9.50. The zero-order valence-electron chi connectivity index (χ0n) is 18.5. The molecule has 1 N–H and O–H groups in total. The zero-order valence-corrected chi connectivity index (χ0v) is 19.3. The fourth-order valence-corrected chi connectivity index (χ4v) is 4.60. The number of halogens is 4. The number of thiazole rings is 1. The molecule has 4 aromatic rings. The third-order valence-corrected chi connectivity index (χ3v) is 6.59. The van der Waals surface area contributed by atoms with E-state index in [0.29, 0.717) is 36.5 Å². The lowest BCUT2D eigenvalue weighted by Gasteiger charge is -2.22. The highest BCUT2D eigenvalue weighted by Crippen LogP contribution is 2.38. The normalized spacial score (nSPS) is 11.6. The van der Waals surface area contributed by atoms with Crippen LogP contribution in [0.2, 0.25) is 0 Å². The highest BCUT2D eigenvalue weighted by molar-refractivity contribution is 7.22. The summed E-state index contributed by atoms with van der Waals surface area (Å²) in [5.41, 5.74) is 0.741. The van der Waals surface area contributed by atoms with E-state index in [2.05, 4.69) is 4.98 Å². The molecule has 0 spiro atoms. The molecule has 0 aliphatic carbocycles. The van der Waals surface area contributed by atoms with Gasteiger partial charge in [0.2, 0.25) is 0 Å². The minimum Gasteiger partial charge on any atom is -0.497 e. The van der Waals surface area contributed by atoms with E-state index in [1.54, 1.807) is 19.2 Å². The largest absolute Gasteiger partial charge is 0.497 e. The minimum absolute atomic E-state index is 0.139. The predicted octanol–water partition coefficient (Wildman–Crippen LogP) is 6.41. The first-order chi connectivity index (χ1) is 16.7. The topological polar surface area (TPSA) is 62.7 Å². The maximum atomic E-state index is 14.7. The number of benzene rings is 3. The van der Waals surface area contributed by atoms with Crippen LogP contribution in [0, 0.1) is 5.82 Å². The number of aromatic nitrogens is 1. The van der Waals surface area contributed by atoms with Gasteiger partial charge >= 0.3 is 12.1 Å². The molecule has 182 valence electrons. The van der Waals surface area contributed by atoms with E-state index < -0.39 is 23.5 Å². The van der Waals surface area contributed by atoms with Crippen molar-refractivity contribution in [2.24, 2.45) is 0 Å². The van der Waals surface area contributed by atoms with Gasteiger partial charge in [0.15, 0.2) is 10.9 Å². The average molecular weight is 505 g/mol. The molecule has 0 aliphatic rings. The lowest BCUT2D eigenvalue weighted by Crippen LogP contribution is -2.25. The maximum Gasteiger partial charge on any atom is 0.419 e. The van der Waals surface area contributed by atoms with Crippen LogP contribution in [0.1, 0.15) is 27.0 Å². The number of carboxylic acids is 1. The number of alkyl halides is 3. The summed E-state index contributed by atoms with van der Waals surface area (Å²) in [5.74, 6) is -1.67. The monoisotopic (exact) mass is 504 g/mol. The van der Waals surface area contributed by atoms with Gasteiger partial charge in [-0.1, -0.05) is 35.6 Å². The Bertz CT molecular complexity index is 1340. The van der Waals surface area contributed by atoms with Gasteiger partial charge in [-0.15, -0.1) is 0 Å². The van der Waals surface area contributed by atoms with Crippen LogP contribution in [0.25, 0.3) is 10.2 Å². The summed E-state index contributed by atoms with van der Waals surface area (Å²) in [6, 6.07) is 15.6. The highest BCUT2D eigenvalue weighted by atomic mass is 32.1. The van der Waals surface area contributed by atoms with E-state index in [-0.39, 0.29) is 15.8 Å². The summed E-state index contributed by atoms with van der Waals surface area (Å²) >= 11 is 0.856. The van der Waals surface area contributed by atoms with Crippen LogP contribution >= 0.6 is 11.3 Å². The Hall–Kier alpha value is -3.66. The SMILES string of the molecule is COc1ccc(CCN(Cc2ccc(C(=O)O)cc2)c2nc3ccc(C(F)(F)F)c(F)c3s2)cc1. The number of methoxy groups -OCH3 is 1. The zero-order chi connectivity index (χ0) is 25.2. The highest BCUT2D eigenvalue weighted by Gasteiger charge is 2.35. The first-order valence-electron chi connectivity index (χ1n) is 10.5. The van der Waals surface area contributed by atoms with E-state index >= 15 is 0 Å². The van der Waals surface area contributed by atoms with Crippen molar-refractivity contribution in [3.8, 4) is 5.75 Å². The van der Waals surface area contributed by atoms with Crippen molar-refractivity contribution in [3.05, 3.63) is 88.7 Å². The van der Waals surface area contributed by atoms with Crippen LogP contribution < -0.4 is 9.64 Å². The molecule has 0 bridgehead atoms. The first kappa shape index (κ1) is 24.5. The van der Waals surface area contributed by atoms with Crippen molar-refractivity contribution < 1.29 is 32.2 Å². The van der Waals surface area contributed by atoms with E-state index in [0.717, 1.165) is 22.5 Å². The van der Waals surface area contributed by atoms with Gasteiger partial charge in [0.25, 0.3) is 0 Å². The van der Waals surface area contributed by atoms with E-state index in [1.165, 1.54) is 18.2 Å². The molecule has 0 fully saturated rings. The Morgan fingerprint density at radius 2 is 1.69 bits per heavy atom. The van der Waals surface area contributed by atoms with Gasteiger partial charge < -0.3 is 14.7 Å². The molecule has 0 atom stereocenters. The Balaban J connectivity index is 1.66. The molecule has 5 nitrogen and oxygen atoms in total. The smallest absolute Gasteiger partial charge is 0.419 e. The lowest BCUT2D eigenvalue weighted by molar-refractivity contribution is -0.139. The number of hydrogen-bond donors (Lipinski definition) is 1. The lowest BCUT2D eigenvalue weighted by atomic mass is 10.1. The summed E-state index contributed by atoms with van der Waals surface area (Å²) in [7, 11) is 1.57. The van der Waals surface area contributed by atoms with Crippen molar-refractivity contribution in [1.29, 1.82) is 0 Å². The molecule has 4 rings (SSSR count). The van der Waals surface area contributed by atoms with Gasteiger partial charge in [0.05, 0.1) is 28.5 Å². The molecule has 0 aliphatic heterocycles. The Morgan fingerprint density at radius 3 is 2.29 bits per heavy atom. The minimum atomic E-state index is -4.80. The van der Waals surface area contributed by atoms with Gasteiger partial charge in [-0.25, -0.2) is 14.2 Å². The molecule has 10 heteroatoms. The number of carbonyl (C=O) groups is 1. The molecule has 1 aromatic heterocycles. The van der Waals surface area contributed by atoms with Gasteiger partial charge in [-0.05, 0) is 53.9 Å². The van der Waals surface area contributed by atoms with Crippen LogP contribution in [-0.2, 0) is 19.1 Å². The summed E-state index contributed by atoms with van der Waals surface area (Å²) in [4.78, 5) is 17.4. The van der Waals surface area contributed by atoms with Crippen molar-refractivity contribution in [2.75, 3.05) is 18.6 Å². The van der Waals surface area contributed by atoms with Crippen LogP contribution in [0.15, 0.2) is 60.7 Å². The van der Waals surface area contributed by atoms with Crippen molar-refractivity contribution in [3.63, 3.8) is 0 Å². The summed E-state index contributed by atoms with van der Waals surface area (Å²) in [6.45, 7) is 0.754. The number of aromatic carboxylic acids is 1. The van der Waals surface area contributed by atoms with Crippen molar-refractivity contribution in [1.82, 2.24) is 4.98 Å². The van der Waals surface area contributed by atoms with E-state index in [4.69, 9.17) is 9.84 Å². The molecule has 3 aromatic carbocycles. The predicted molar refractivity (Wildman–Crippen MR) is 126 cm³/mol. The molecule has 35 heavy (non-hydrogen) atoms. The van der Waals surface area contributed by atoms with Crippen molar-refractivity contribution >= 4 is 32.7 Å². The third-order valence-electron chi connectivity index (χ3n) is 5.47. The number of ether oxygens (including phenoxy) is 1. The average Bonchev–Trinajstić information content (AvgIpc) is 3.27. The van der Waals surface area contributed by atoms with Gasteiger partial charge in [-0.2, -0.15) is 13.2 Å². The second kappa shape index (κ2) is 9.91. The van der Waals surface area contributed by atoms with Gasteiger partial charge in [0, 0.05) is 13.1 Å². The molecule has 0 radical (unpaired) electrons. The quantitative estimate of drug-likeness (QED) is 0.281. The first-order valence-corrected chi connectivity index (χ1v) is 11.3. The standard InChI is InChI=1S/C25H20F4N2O3S/c1-34-18-8-4-15(5-9-18)12-13-31(14-16-2-6-17(7-3-16)23(32)33)24-30-20-11-10-19(25(27,28)29)21(26)22(20)35-24/h2-11H,12-14H2,1H3,(H,32,33). The molecule has 0 saturated carbocycles. The number of carboxylic acid groups (broad SMARTS) is 1. The maximum absolute atomic E-state index is 14.7. The fourth-order valence-electron chi connectivity index (χ4n) is 3.57. The van der Waals surface area contributed by atoms with Gasteiger partial charge in [0.1, 0.15) is 5.75 Å². The molecule has 0 saturated heterocycles. The molecule has 1 heterocycles. The van der Waals surface area contributed by atoms with Crippen LogP contribution in [0.3, 0.4) is 0 Å². The Morgan fingerprint density at radius 1 is 1.03 bits per heavy atom. The molecular weight excluding hydrogens is 484 g/mol. The molecular formula is C25H20F4N2O3S. The number of rotatable bonds is 8. The Kier molecular flexibility index (Phi) is 6.93. The van der Waals surface area contributed by atoms with E-state index in [9.17, 15) is 22.4 Å². The summed E-state index contributed by atoms with van der Waals surface area (Å²) in [6.07, 6.45) is -4.22. The van der Waals surface area contributed by atoms with Gasteiger partial charge in [-0.3, -0.25) is 0 Å². The number of fused-ring (bicyclic) bond motifs is 1. The van der Waals surface area contributed by atoms with Crippen LogP contribution in [0.4, 0.5) is 22.7 Å². The summed E-state index contributed by atoms with van der Waals surface area (Å²) < 4.78 is 59.2. The molecule has 0 unspecified atom stereocenters. The third kappa shape index (κ3) is 5.54. The van der Waals surface area contributed by atoms with Crippen LogP contribution in [-0.4, -0.2) is 29.7 Å². The number of anilines is 1. The van der Waals surface area contributed by atoms with Crippen LogP contribution in [0.5, 0.6) is 5.75 Å². The van der Waals surface area contributed by atoms with E-state index in [1.807, 2.05) is 29.2 Å². The fraction of sp³-hybridized carbons (Fsp3) is 0.200. The van der Waals surface area contributed by atoms with Crippen molar-refractivity contribution in [2.45, 2.75) is 19.1 Å². The number of nitrogens with zero attached hydrogens (tertiary/aromatic N) is 2. The number of hydrogen-bond acceptors (Lipinski definition) is 5.